The van der Waals surface area contributed by atoms with Crippen LogP contribution in [0.1, 0.15) is 28.4 Å². The van der Waals surface area contributed by atoms with Crippen molar-refractivity contribution in [3.05, 3.63) is 72.6 Å². The maximum absolute atomic E-state index is 11.9. The molecule has 3 N–H and O–H groups in total. The molecule has 4 rings (SSSR count). The number of nitrogens with one attached hydrogen (secondary N) is 1. The molecule has 0 aliphatic heterocycles. The molecule has 1 amide bonds. The monoisotopic (exact) mass is 594 g/mol. The summed E-state index contributed by atoms with van der Waals surface area (Å²) in [4.78, 5) is 29.9. The summed E-state index contributed by atoms with van der Waals surface area (Å²) >= 11 is 5.23. The smallest absolute Gasteiger partial charge is 0.355 e. The number of carbonyl (C=O) groups excluding carboxylic acids is 2. The summed E-state index contributed by atoms with van der Waals surface area (Å²) in [7, 11) is 0. The fourth-order valence-electron chi connectivity index (χ4n) is 2.31. The van der Waals surface area contributed by atoms with Crippen LogP contribution >= 0.6 is 11.6 Å². The molecule has 4 aromatic rings. The third-order valence-corrected chi connectivity index (χ3v) is 4.22. The highest BCUT2D eigenvalue weighted by atomic mass is 35.5. The normalized spacial score (nSPS) is 10.7. The lowest BCUT2D eigenvalue weighted by Gasteiger charge is -2.05. The average Bonchev–Trinajstić information content (AvgIpc) is 3.59. The Morgan fingerprint density at radius 1 is 0.850 bits per heavy atom. The van der Waals surface area contributed by atoms with Gasteiger partial charge in [-0.2, -0.15) is 26.3 Å². The zero-order valence-corrected chi connectivity index (χ0v) is 20.1. The summed E-state index contributed by atoms with van der Waals surface area (Å²) in [6.07, 6.45) is -2.35. The van der Waals surface area contributed by atoms with Gasteiger partial charge < -0.3 is 20.1 Å². The highest BCUT2D eigenvalue weighted by Gasteiger charge is 2.28. The summed E-state index contributed by atoms with van der Waals surface area (Å²) in [6, 6.07) is 9.62. The Hall–Kier alpha value is -4.31. The van der Waals surface area contributed by atoms with Crippen LogP contribution in [0, 0.1) is 0 Å². The number of alkyl halides is 6. The summed E-state index contributed by atoms with van der Waals surface area (Å²) < 4.78 is 77.6. The second kappa shape index (κ2) is 15.3. The van der Waals surface area contributed by atoms with Crippen LogP contribution in [0.3, 0.4) is 0 Å². The zero-order valence-electron chi connectivity index (χ0n) is 19.3. The molecule has 0 radical (unpaired) electrons. The third kappa shape index (κ3) is 12.0. The first-order valence-electron chi connectivity index (χ1n) is 10.3. The van der Waals surface area contributed by atoms with Crippen LogP contribution in [0.2, 0.25) is 0 Å². The molecule has 0 unspecified atom stereocenters. The lowest BCUT2D eigenvalue weighted by Crippen LogP contribution is -2.33. The van der Waals surface area contributed by atoms with Gasteiger partial charge in [-0.05, 0) is 35.9 Å². The first-order valence-corrected chi connectivity index (χ1v) is 10.7. The molecule has 0 fully saturated rings. The first-order chi connectivity index (χ1) is 18.3. The second-order valence-electron chi connectivity index (χ2n) is 7.03. The maximum Gasteiger partial charge on any atom is 0.405 e. The summed E-state index contributed by atoms with van der Waals surface area (Å²) in [5.74, 6) is -0.219. The van der Waals surface area contributed by atoms with Crippen molar-refractivity contribution >= 4 is 22.8 Å². The number of pyridine rings is 2. The molecule has 0 aromatic carbocycles. The molecule has 0 spiro atoms. The highest BCUT2D eigenvalue weighted by Crippen LogP contribution is 2.20. The molecule has 0 atom stereocenters. The SMILES string of the molecule is C.NCC(F)(F)F.O=C(Cl)c1cc(-c2cccnc2)on1.O=C(NCC(F)(F)F)c1cc(-c2cccnc2)on1. The van der Waals surface area contributed by atoms with Gasteiger partial charge in [-0.3, -0.25) is 19.6 Å². The van der Waals surface area contributed by atoms with E-state index in [1.807, 2.05) is 0 Å². The predicted molar refractivity (Wildman–Crippen MR) is 130 cm³/mol. The van der Waals surface area contributed by atoms with Crippen LogP contribution in [0.15, 0.2) is 70.2 Å². The first kappa shape index (κ1) is 33.7. The van der Waals surface area contributed by atoms with Gasteiger partial charge in [0.25, 0.3) is 11.1 Å². The van der Waals surface area contributed by atoms with Crippen molar-refractivity contribution in [2.45, 2.75) is 19.8 Å². The molecular weight excluding hydrogens is 574 g/mol. The highest BCUT2D eigenvalue weighted by molar-refractivity contribution is 6.67. The van der Waals surface area contributed by atoms with Gasteiger partial charge in [0, 0.05) is 48.0 Å². The van der Waals surface area contributed by atoms with Crippen molar-refractivity contribution < 1.29 is 45.0 Å². The maximum atomic E-state index is 11.9. The van der Waals surface area contributed by atoms with Gasteiger partial charge in [-0.15, -0.1) is 0 Å². The topological polar surface area (TPSA) is 150 Å². The number of rotatable bonds is 5. The van der Waals surface area contributed by atoms with E-state index in [0.717, 1.165) is 5.56 Å². The lowest BCUT2D eigenvalue weighted by atomic mass is 10.2. The van der Waals surface area contributed by atoms with Crippen LogP contribution in [0.5, 0.6) is 0 Å². The van der Waals surface area contributed by atoms with E-state index in [1.165, 1.54) is 18.3 Å². The van der Waals surface area contributed by atoms with Gasteiger partial charge in [-0.25, -0.2) is 0 Å². The minimum absolute atomic E-state index is 0. The Bertz CT molecular complexity index is 1330. The largest absolute Gasteiger partial charge is 0.405 e. The van der Waals surface area contributed by atoms with Gasteiger partial charge in [-0.1, -0.05) is 17.7 Å². The molecule has 0 aliphatic rings. The Kier molecular flexibility index (Phi) is 12.9. The standard InChI is InChI=1S/C11H8F3N3O2.C9H5ClN2O2.C2H4F3N.CH4/c12-11(13,14)6-16-10(18)8-4-9(19-17-8)7-2-1-3-15-5-7;10-9(13)7-4-8(14-12-7)6-2-1-3-11-5-6;3-2(4,5)1-6;/h1-5H,6H2,(H,16,18);1-5H;1,6H2;1H4. The molecule has 0 saturated carbocycles. The quantitative estimate of drug-likeness (QED) is 0.232. The van der Waals surface area contributed by atoms with Crippen molar-refractivity contribution in [1.82, 2.24) is 25.6 Å². The summed E-state index contributed by atoms with van der Waals surface area (Å²) in [5.41, 5.74) is 5.39. The summed E-state index contributed by atoms with van der Waals surface area (Å²) in [5, 5.41) is 7.99. The number of carbonyl (C=O) groups is 2. The fraction of sp³-hybridized carbons (Fsp3) is 0.217. The summed E-state index contributed by atoms with van der Waals surface area (Å²) in [6.45, 7) is -2.64. The Balaban J connectivity index is 0.000000335. The van der Waals surface area contributed by atoms with E-state index >= 15 is 0 Å². The van der Waals surface area contributed by atoms with Gasteiger partial charge in [0.15, 0.2) is 22.9 Å². The number of hydrogen-bond acceptors (Lipinski definition) is 9. The fourth-order valence-corrected chi connectivity index (χ4v) is 2.40. The molecule has 40 heavy (non-hydrogen) atoms. The predicted octanol–water partition coefficient (Wildman–Crippen LogP) is 5.29. The molecule has 0 aliphatic carbocycles. The molecule has 0 saturated heterocycles. The van der Waals surface area contributed by atoms with E-state index < -0.39 is 36.6 Å². The minimum atomic E-state index is -4.47. The van der Waals surface area contributed by atoms with E-state index in [2.05, 4.69) is 26.0 Å². The number of halogens is 7. The van der Waals surface area contributed by atoms with Gasteiger partial charge >= 0.3 is 12.4 Å². The van der Waals surface area contributed by atoms with Crippen molar-refractivity contribution in [1.29, 1.82) is 0 Å². The van der Waals surface area contributed by atoms with Crippen LogP contribution in [-0.4, -0.2) is 56.9 Å². The Labute approximate surface area is 227 Å². The van der Waals surface area contributed by atoms with Crippen LogP contribution < -0.4 is 11.1 Å². The zero-order chi connectivity index (χ0) is 29.1. The number of amides is 1. The Morgan fingerprint density at radius 2 is 1.30 bits per heavy atom. The van der Waals surface area contributed by atoms with E-state index in [-0.39, 0.29) is 24.6 Å². The van der Waals surface area contributed by atoms with Crippen molar-refractivity contribution in [2.75, 3.05) is 13.1 Å². The molecule has 4 heterocycles. The molecule has 17 heteroatoms. The Morgan fingerprint density at radius 3 is 1.65 bits per heavy atom. The molecular formula is C23H21ClF6N6O4. The third-order valence-electron chi connectivity index (χ3n) is 4.03. The average molecular weight is 595 g/mol. The lowest BCUT2D eigenvalue weighted by molar-refractivity contribution is -0.123. The molecule has 4 aromatic heterocycles. The van der Waals surface area contributed by atoms with Gasteiger partial charge in [0.05, 0.1) is 6.54 Å². The van der Waals surface area contributed by atoms with Crippen LogP contribution in [0.4, 0.5) is 26.3 Å². The van der Waals surface area contributed by atoms with Crippen molar-refractivity contribution in [3.8, 4) is 22.6 Å². The van der Waals surface area contributed by atoms with Gasteiger partial charge in [0.2, 0.25) is 0 Å². The second-order valence-corrected chi connectivity index (χ2v) is 7.37. The number of hydrogen-bond donors (Lipinski definition) is 2. The molecule has 10 nitrogen and oxygen atoms in total. The van der Waals surface area contributed by atoms with E-state index in [0.29, 0.717) is 11.3 Å². The number of nitrogens with zero attached hydrogens (tertiary/aromatic N) is 4. The molecule has 0 bridgehead atoms. The molecule has 216 valence electrons. The van der Waals surface area contributed by atoms with Crippen molar-refractivity contribution in [3.63, 3.8) is 0 Å². The van der Waals surface area contributed by atoms with Crippen molar-refractivity contribution in [2.24, 2.45) is 5.73 Å². The number of aromatic nitrogens is 4. The minimum Gasteiger partial charge on any atom is -0.355 e. The number of nitrogens with two attached hydrogens (primary N) is 1. The van der Waals surface area contributed by atoms with E-state index in [9.17, 15) is 35.9 Å². The van der Waals surface area contributed by atoms with Gasteiger partial charge in [0.1, 0.15) is 6.54 Å². The van der Waals surface area contributed by atoms with E-state index in [1.54, 1.807) is 48.2 Å². The van der Waals surface area contributed by atoms with E-state index in [4.69, 9.17) is 20.6 Å². The van der Waals surface area contributed by atoms with Crippen LogP contribution in [-0.2, 0) is 0 Å². The van der Waals surface area contributed by atoms with Crippen LogP contribution in [0.25, 0.3) is 22.6 Å².